The topological polar surface area (TPSA) is 32.8 Å². The number of hydrogen-bond donors (Lipinski definition) is 0. The van der Waals surface area contributed by atoms with Crippen LogP contribution in [-0.4, -0.2) is 43.6 Å². The van der Waals surface area contributed by atoms with Crippen molar-refractivity contribution in [2.45, 2.75) is 71.3 Å². The number of carbonyl (C=O) groups excluding carboxylic acids is 1. The SMILES string of the molecule is COc1cc2c(cc1-c1ccc(C(=O)N3CCN(c4cccc(C)c4)C(C)C3)s1)C(C)(C)CCC2(C)C. The van der Waals surface area contributed by atoms with E-state index in [1.807, 2.05) is 11.0 Å². The second kappa shape index (κ2) is 9.50. The Bertz CT molecular complexity index is 1320. The molecule has 1 aromatic heterocycles. The number of benzene rings is 2. The van der Waals surface area contributed by atoms with E-state index in [4.69, 9.17) is 4.74 Å². The van der Waals surface area contributed by atoms with Crippen LogP contribution in [0.1, 0.15) is 73.8 Å². The Morgan fingerprint density at radius 1 is 0.973 bits per heavy atom. The fraction of sp³-hybridized carbons (Fsp3) is 0.469. The van der Waals surface area contributed by atoms with Gasteiger partial charge in [0.2, 0.25) is 0 Å². The molecule has 196 valence electrons. The molecule has 1 atom stereocenters. The summed E-state index contributed by atoms with van der Waals surface area (Å²) in [4.78, 5) is 19.9. The summed E-state index contributed by atoms with van der Waals surface area (Å²) in [5.74, 6) is 1.02. The summed E-state index contributed by atoms with van der Waals surface area (Å²) in [6.45, 7) is 16.0. The number of nitrogens with zero attached hydrogens (tertiary/aromatic N) is 2. The van der Waals surface area contributed by atoms with Crippen molar-refractivity contribution in [1.29, 1.82) is 0 Å². The van der Waals surface area contributed by atoms with Gasteiger partial charge in [0, 0.05) is 41.8 Å². The lowest BCUT2D eigenvalue weighted by Gasteiger charge is -2.42. The van der Waals surface area contributed by atoms with E-state index in [1.165, 1.54) is 35.2 Å². The van der Waals surface area contributed by atoms with Gasteiger partial charge in [-0.25, -0.2) is 0 Å². The van der Waals surface area contributed by atoms with Gasteiger partial charge in [0.1, 0.15) is 5.75 Å². The van der Waals surface area contributed by atoms with Crippen molar-refractivity contribution >= 4 is 22.9 Å². The summed E-state index contributed by atoms with van der Waals surface area (Å²) in [6, 6.07) is 17.6. The maximum atomic E-state index is 13.5. The average molecular weight is 517 g/mol. The number of amides is 1. The van der Waals surface area contributed by atoms with E-state index in [2.05, 4.69) is 88.9 Å². The van der Waals surface area contributed by atoms with Crippen LogP contribution in [0.5, 0.6) is 5.75 Å². The third-order valence-corrected chi connectivity index (χ3v) is 9.61. The van der Waals surface area contributed by atoms with Gasteiger partial charge in [0.25, 0.3) is 5.91 Å². The van der Waals surface area contributed by atoms with Crippen LogP contribution >= 0.6 is 11.3 Å². The average Bonchev–Trinajstić information content (AvgIpc) is 3.36. The van der Waals surface area contributed by atoms with E-state index in [9.17, 15) is 4.79 Å². The molecule has 37 heavy (non-hydrogen) atoms. The molecule has 1 aliphatic carbocycles. The highest BCUT2D eigenvalue weighted by Crippen LogP contribution is 2.49. The molecule has 1 aliphatic heterocycles. The predicted octanol–water partition coefficient (Wildman–Crippen LogP) is 7.43. The van der Waals surface area contributed by atoms with Gasteiger partial charge in [-0.05, 0) is 90.6 Å². The molecule has 1 unspecified atom stereocenters. The van der Waals surface area contributed by atoms with Crippen molar-refractivity contribution in [3.63, 3.8) is 0 Å². The monoisotopic (exact) mass is 516 g/mol. The molecular formula is C32H40N2O2S. The van der Waals surface area contributed by atoms with E-state index >= 15 is 0 Å². The minimum atomic E-state index is 0.120. The van der Waals surface area contributed by atoms with E-state index in [0.717, 1.165) is 40.7 Å². The molecule has 0 saturated carbocycles. The number of thiophene rings is 1. The van der Waals surface area contributed by atoms with Crippen molar-refractivity contribution < 1.29 is 9.53 Å². The molecule has 2 aliphatic rings. The molecule has 2 aromatic carbocycles. The van der Waals surface area contributed by atoms with E-state index in [0.29, 0.717) is 0 Å². The summed E-state index contributed by atoms with van der Waals surface area (Å²) < 4.78 is 5.90. The van der Waals surface area contributed by atoms with Crippen LogP contribution in [0.2, 0.25) is 0 Å². The Morgan fingerprint density at radius 2 is 1.68 bits per heavy atom. The maximum Gasteiger partial charge on any atom is 0.264 e. The first kappa shape index (κ1) is 25.8. The molecule has 1 fully saturated rings. The number of anilines is 1. The molecule has 1 amide bonds. The van der Waals surface area contributed by atoms with Crippen molar-refractivity contribution in [3.8, 4) is 16.2 Å². The summed E-state index contributed by atoms with van der Waals surface area (Å²) in [7, 11) is 1.75. The second-order valence-corrected chi connectivity index (χ2v) is 13.2. The van der Waals surface area contributed by atoms with Crippen LogP contribution in [0, 0.1) is 6.92 Å². The molecular weight excluding hydrogens is 476 g/mol. The van der Waals surface area contributed by atoms with Crippen LogP contribution < -0.4 is 9.64 Å². The van der Waals surface area contributed by atoms with E-state index in [1.54, 1.807) is 18.4 Å². The normalized spacial score (nSPS) is 20.5. The van der Waals surface area contributed by atoms with Gasteiger partial charge in [0.15, 0.2) is 0 Å². The first-order valence-electron chi connectivity index (χ1n) is 13.5. The fourth-order valence-corrected chi connectivity index (χ4v) is 7.04. The Balaban J connectivity index is 1.39. The molecule has 5 rings (SSSR count). The van der Waals surface area contributed by atoms with Gasteiger partial charge in [-0.1, -0.05) is 39.8 Å². The van der Waals surface area contributed by atoms with Crippen LogP contribution in [-0.2, 0) is 10.8 Å². The highest BCUT2D eigenvalue weighted by atomic mass is 32.1. The van der Waals surface area contributed by atoms with Crippen molar-refractivity contribution in [2.24, 2.45) is 0 Å². The third-order valence-electron chi connectivity index (χ3n) is 8.50. The number of carbonyl (C=O) groups is 1. The minimum absolute atomic E-state index is 0.120. The van der Waals surface area contributed by atoms with Crippen LogP contribution in [0.3, 0.4) is 0 Å². The molecule has 0 N–H and O–H groups in total. The lowest BCUT2D eigenvalue weighted by molar-refractivity contribution is 0.0731. The van der Waals surface area contributed by atoms with Gasteiger partial charge in [0.05, 0.1) is 12.0 Å². The van der Waals surface area contributed by atoms with Gasteiger partial charge in [-0.15, -0.1) is 11.3 Å². The number of aryl methyl sites for hydroxylation is 1. The summed E-state index contributed by atoms with van der Waals surface area (Å²) in [5, 5.41) is 0. The predicted molar refractivity (Wildman–Crippen MR) is 155 cm³/mol. The number of hydrogen-bond acceptors (Lipinski definition) is 4. The van der Waals surface area contributed by atoms with Crippen molar-refractivity contribution in [2.75, 3.05) is 31.6 Å². The largest absolute Gasteiger partial charge is 0.496 e. The summed E-state index contributed by atoms with van der Waals surface area (Å²) in [5.41, 5.74) is 6.63. The second-order valence-electron chi connectivity index (χ2n) is 12.2. The highest BCUT2D eigenvalue weighted by molar-refractivity contribution is 7.17. The van der Waals surface area contributed by atoms with Crippen LogP contribution in [0.25, 0.3) is 10.4 Å². The lowest BCUT2D eigenvalue weighted by Crippen LogP contribution is -2.53. The zero-order valence-electron chi connectivity index (χ0n) is 23.4. The number of ether oxygens (including phenoxy) is 1. The van der Waals surface area contributed by atoms with Gasteiger partial charge >= 0.3 is 0 Å². The smallest absolute Gasteiger partial charge is 0.264 e. The molecule has 0 radical (unpaired) electrons. The number of rotatable bonds is 4. The maximum absolute atomic E-state index is 13.5. The first-order valence-corrected chi connectivity index (χ1v) is 14.3. The van der Waals surface area contributed by atoms with Crippen LogP contribution in [0.4, 0.5) is 5.69 Å². The lowest BCUT2D eigenvalue weighted by atomic mass is 9.63. The van der Waals surface area contributed by atoms with Crippen molar-refractivity contribution in [3.05, 3.63) is 70.1 Å². The summed E-state index contributed by atoms with van der Waals surface area (Å²) in [6.07, 6.45) is 2.34. The Hall–Kier alpha value is -2.79. The first-order chi connectivity index (χ1) is 17.5. The van der Waals surface area contributed by atoms with Gasteiger partial charge in [-0.3, -0.25) is 4.79 Å². The zero-order chi connectivity index (χ0) is 26.5. The molecule has 4 nitrogen and oxygen atoms in total. The molecule has 1 saturated heterocycles. The zero-order valence-corrected chi connectivity index (χ0v) is 24.2. The van der Waals surface area contributed by atoms with Gasteiger partial charge < -0.3 is 14.5 Å². The Morgan fingerprint density at radius 3 is 2.32 bits per heavy atom. The number of piperazine rings is 1. The molecule has 0 bridgehead atoms. The highest BCUT2D eigenvalue weighted by Gasteiger charge is 2.38. The van der Waals surface area contributed by atoms with Gasteiger partial charge in [-0.2, -0.15) is 0 Å². The minimum Gasteiger partial charge on any atom is -0.496 e. The third kappa shape index (κ3) is 4.79. The summed E-state index contributed by atoms with van der Waals surface area (Å²) >= 11 is 1.58. The van der Waals surface area contributed by atoms with Crippen molar-refractivity contribution in [1.82, 2.24) is 4.90 Å². The number of methoxy groups -OCH3 is 1. The Labute approximate surface area is 226 Å². The Kier molecular flexibility index (Phi) is 6.64. The molecule has 3 aromatic rings. The fourth-order valence-electron chi connectivity index (χ4n) is 6.04. The quantitative estimate of drug-likeness (QED) is 0.361. The molecule has 2 heterocycles. The van der Waals surface area contributed by atoms with E-state index in [-0.39, 0.29) is 22.8 Å². The number of fused-ring (bicyclic) bond motifs is 1. The van der Waals surface area contributed by atoms with E-state index < -0.39 is 0 Å². The molecule has 0 spiro atoms. The van der Waals surface area contributed by atoms with Crippen LogP contribution in [0.15, 0.2) is 48.5 Å². The standard InChI is InChI=1S/C32H40N2O2S/c1-21-9-8-10-23(17-21)34-16-15-33(20-22(34)2)30(35)29-12-11-28(37-29)24-18-25-26(19-27(24)36-7)32(5,6)14-13-31(25,3)4/h8-12,17-19,22H,13-16,20H2,1-7H3. The molecule has 5 heteroatoms.